The number of hydrogen-bond donors (Lipinski definition) is 0. The van der Waals surface area contributed by atoms with Gasteiger partial charge in [-0.1, -0.05) is 18.2 Å². The third kappa shape index (κ3) is 5.60. The highest BCUT2D eigenvalue weighted by Crippen LogP contribution is 2.29. The van der Waals surface area contributed by atoms with E-state index in [9.17, 15) is 9.59 Å². The van der Waals surface area contributed by atoms with Crippen molar-refractivity contribution < 1.29 is 23.8 Å². The molecule has 2 aromatic rings. The van der Waals surface area contributed by atoms with Gasteiger partial charge in [-0.2, -0.15) is 0 Å². The second-order valence-electron chi connectivity index (χ2n) is 5.96. The first-order valence-corrected chi connectivity index (χ1v) is 8.32. The van der Waals surface area contributed by atoms with Crippen LogP contribution in [0.3, 0.4) is 0 Å². The van der Waals surface area contributed by atoms with Crippen molar-refractivity contribution in [2.75, 3.05) is 28.3 Å². The first-order chi connectivity index (χ1) is 12.9. The van der Waals surface area contributed by atoms with Gasteiger partial charge in [-0.05, 0) is 41.5 Å². The summed E-state index contributed by atoms with van der Waals surface area (Å²) in [6, 6.07) is 12.6. The lowest BCUT2D eigenvalue weighted by molar-refractivity contribution is -0.134. The van der Waals surface area contributed by atoms with Crippen LogP contribution in [0.25, 0.3) is 6.08 Å². The molecular formula is C21H23NO5. The van der Waals surface area contributed by atoms with Crippen molar-refractivity contribution in [2.24, 2.45) is 0 Å². The van der Waals surface area contributed by atoms with Crippen LogP contribution in [0.1, 0.15) is 21.5 Å². The predicted octanol–water partition coefficient (Wildman–Crippen LogP) is 3.16. The molecule has 0 fully saturated rings. The molecule has 0 bridgehead atoms. The maximum absolute atomic E-state index is 12.1. The van der Waals surface area contributed by atoms with E-state index >= 15 is 0 Å². The molecule has 2 aromatic carbocycles. The van der Waals surface area contributed by atoms with Crippen LogP contribution >= 0.6 is 0 Å². The Bertz CT molecular complexity index is 842. The molecule has 0 aliphatic rings. The number of amides is 1. The number of carbonyl (C=O) groups excluding carboxylic acids is 2. The number of nitrogens with zero attached hydrogens (tertiary/aromatic N) is 1. The van der Waals surface area contributed by atoms with Crippen molar-refractivity contribution in [3.8, 4) is 11.5 Å². The van der Waals surface area contributed by atoms with Gasteiger partial charge >= 0.3 is 5.97 Å². The Kier molecular flexibility index (Phi) is 7.00. The summed E-state index contributed by atoms with van der Waals surface area (Å²) in [5.74, 6) is 0.622. The van der Waals surface area contributed by atoms with Gasteiger partial charge in [0, 0.05) is 25.7 Å². The second-order valence-corrected chi connectivity index (χ2v) is 5.96. The highest BCUT2D eigenvalue weighted by Gasteiger charge is 2.10. The van der Waals surface area contributed by atoms with E-state index in [1.54, 1.807) is 45.5 Å². The molecule has 1 amide bonds. The summed E-state index contributed by atoms with van der Waals surface area (Å²) in [6.45, 7) is 0.294. The van der Waals surface area contributed by atoms with Gasteiger partial charge in [0.2, 0.25) is 0 Å². The average molecular weight is 369 g/mol. The number of esters is 1. The Hall–Kier alpha value is -3.28. The summed E-state index contributed by atoms with van der Waals surface area (Å²) in [5, 5.41) is 0. The molecule has 0 unspecified atom stereocenters. The molecule has 27 heavy (non-hydrogen) atoms. The molecule has 6 nitrogen and oxygen atoms in total. The predicted molar refractivity (Wildman–Crippen MR) is 103 cm³/mol. The molecule has 0 heterocycles. The maximum atomic E-state index is 12.1. The van der Waals surface area contributed by atoms with Crippen LogP contribution in [0.2, 0.25) is 0 Å². The zero-order chi connectivity index (χ0) is 19.8. The molecule has 0 saturated carbocycles. The van der Waals surface area contributed by atoms with Gasteiger partial charge in [-0.3, -0.25) is 4.79 Å². The van der Waals surface area contributed by atoms with E-state index in [4.69, 9.17) is 9.47 Å². The Balaban J connectivity index is 2.11. The van der Waals surface area contributed by atoms with Crippen LogP contribution in [0.5, 0.6) is 11.5 Å². The number of methoxy groups -OCH3 is 2. The first kappa shape index (κ1) is 20.0. The lowest BCUT2D eigenvalue weighted by Gasteiger charge is -2.13. The number of ether oxygens (including phenoxy) is 3. The minimum Gasteiger partial charge on any atom is -0.493 e. The summed E-state index contributed by atoms with van der Waals surface area (Å²) in [6.07, 6.45) is 2.97. The smallest absolute Gasteiger partial charge is 0.330 e. The van der Waals surface area contributed by atoms with E-state index in [1.165, 1.54) is 18.1 Å². The van der Waals surface area contributed by atoms with Crippen molar-refractivity contribution in [2.45, 2.75) is 6.61 Å². The minimum absolute atomic E-state index is 0.0591. The fourth-order valence-corrected chi connectivity index (χ4v) is 2.35. The van der Waals surface area contributed by atoms with Gasteiger partial charge in [-0.15, -0.1) is 0 Å². The third-order valence-corrected chi connectivity index (χ3v) is 3.78. The molecule has 6 heteroatoms. The summed E-state index contributed by atoms with van der Waals surface area (Å²) >= 11 is 0. The van der Waals surface area contributed by atoms with Crippen molar-refractivity contribution in [3.63, 3.8) is 0 Å². The van der Waals surface area contributed by atoms with Gasteiger partial charge < -0.3 is 19.1 Å². The van der Waals surface area contributed by atoms with Crippen molar-refractivity contribution in [1.82, 2.24) is 4.90 Å². The molecular weight excluding hydrogens is 346 g/mol. The summed E-state index contributed by atoms with van der Waals surface area (Å²) in [4.78, 5) is 24.8. The van der Waals surface area contributed by atoms with E-state index < -0.39 is 5.97 Å². The fraction of sp³-hybridized carbons (Fsp3) is 0.238. The summed E-state index contributed by atoms with van der Waals surface area (Å²) in [7, 11) is 6.30. The van der Waals surface area contributed by atoms with Gasteiger partial charge in [-0.25, -0.2) is 4.79 Å². The lowest BCUT2D eigenvalue weighted by atomic mass is 10.1. The molecule has 0 saturated heterocycles. The third-order valence-electron chi connectivity index (χ3n) is 3.78. The van der Waals surface area contributed by atoms with E-state index in [1.807, 2.05) is 24.3 Å². The van der Waals surface area contributed by atoms with Crippen molar-refractivity contribution >= 4 is 18.0 Å². The molecule has 2 rings (SSSR count). The van der Waals surface area contributed by atoms with E-state index in [0.717, 1.165) is 11.1 Å². The fourth-order valence-electron chi connectivity index (χ4n) is 2.35. The highest BCUT2D eigenvalue weighted by atomic mass is 16.5. The number of carbonyl (C=O) groups is 2. The zero-order valence-electron chi connectivity index (χ0n) is 15.9. The number of hydrogen-bond acceptors (Lipinski definition) is 5. The van der Waals surface area contributed by atoms with Gasteiger partial charge in [0.05, 0.1) is 14.2 Å². The van der Waals surface area contributed by atoms with Crippen LogP contribution in [0.15, 0.2) is 48.5 Å². The molecule has 0 N–H and O–H groups in total. The first-order valence-electron chi connectivity index (χ1n) is 8.32. The minimum atomic E-state index is -0.429. The Morgan fingerprint density at radius 1 is 1.04 bits per heavy atom. The Morgan fingerprint density at radius 3 is 2.48 bits per heavy atom. The van der Waals surface area contributed by atoms with Crippen LogP contribution in [0, 0.1) is 0 Å². The molecule has 0 aromatic heterocycles. The van der Waals surface area contributed by atoms with Crippen LogP contribution in [-0.4, -0.2) is 45.1 Å². The largest absolute Gasteiger partial charge is 0.493 e. The molecule has 0 radical (unpaired) electrons. The lowest BCUT2D eigenvalue weighted by Crippen LogP contribution is -2.21. The normalized spacial score (nSPS) is 10.5. The monoisotopic (exact) mass is 369 g/mol. The standard InChI is InChI=1S/C21H23NO5/c1-22(2)21(24)17-7-5-6-16(12-17)14-27-18-10-8-15(13-19(18)25-3)9-11-20(23)26-4/h5-13H,14H2,1-4H3/b11-9-. The second kappa shape index (κ2) is 9.43. The number of rotatable bonds is 7. The molecule has 0 atom stereocenters. The molecule has 0 aliphatic carbocycles. The molecule has 0 aliphatic heterocycles. The van der Waals surface area contributed by atoms with Crippen molar-refractivity contribution in [1.29, 1.82) is 0 Å². The Labute approximate surface area is 159 Å². The maximum Gasteiger partial charge on any atom is 0.330 e. The van der Waals surface area contributed by atoms with Crippen LogP contribution < -0.4 is 9.47 Å². The Morgan fingerprint density at radius 2 is 1.81 bits per heavy atom. The van der Waals surface area contributed by atoms with Gasteiger partial charge in [0.15, 0.2) is 11.5 Å². The topological polar surface area (TPSA) is 65.1 Å². The molecule has 142 valence electrons. The van der Waals surface area contributed by atoms with Gasteiger partial charge in [0.1, 0.15) is 6.61 Å². The average Bonchev–Trinajstić information content (AvgIpc) is 2.70. The number of benzene rings is 2. The molecule has 0 spiro atoms. The summed E-state index contributed by atoms with van der Waals surface area (Å²) in [5.41, 5.74) is 2.26. The summed E-state index contributed by atoms with van der Waals surface area (Å²) < 4.78 is 15.8. The SMILES string of the molecule is COC(=O)/C=C\c1ccc(OCc2cccc(C(=O)N(C)C)c2)c(OC)c1. The zero-order valence-corrected chi connectivity index (χ0v) is 15.9. The highest BCUT2D eigenvalue weighted by molar-refractivity contribution is 5.94. The van der Waals surface area contributed by atoms with E-state index in [-0.39, 0.29) is 5.91 Å². The van der Waals surface area contributed by atoms with E-state index in [0.29, 0.717) is 23.7 Å². The quantitative estimate of drug-likeness (QED) is 0.554. The van der Waals surface area contributed by atoms with E-state index in [2.05, 4.69) is 4.74 Å². The van der Waals surface area contributed by atoms with Crippen molar-refractivity contribution in [3.05, 3.63) is 65.2 Å². The van der Waals surface area contributed by atoms with Crippen LogP contribution in [0.4, 0.5) is 0 Å². The van der Waals surface area contributed by atoms with Gasteiger partial charge in [0.25, 0.3) is 5.91 Å². The van der Waals surface area contributed by atoms with Crippen LogP contribution in [-0.2, 0) is 16.1 Å².